The number of aryl methyl sites for hydroxylation is 1. The maximum Gasteiger partial charge on any atom is 0.142 e. The summed E-state index contributed by atoms with van der Waals surface area (Å²) in [5, 5.41) is 18.0. The van der Waals surface area contributed by atoms with E-state index in [1.807, 2.05) is 43.3 Å². The van der Waals surface area contributed by atoms with E-state index in [2.05, 4.69) is 55.8 Å². The van der Waals surface area contributed by atoms with Gasteiger partial charge in [0.1, 0.15) is 17.5 Å². The minimum atomic E-state index is 0.158. The zero-order valence-electron chi connectivity index (χ0n) is 17.3. The Morgan fingerprint density at radius 2 is 1.77 bits per heavy atom. The summed E-state index contributed by atoms with van der Waals surface area (Å²) >= 11 is 0. The number of nitrogens with zero attached hydrogens (tertiary/aromatic N) is 6. The molecular weight excluding hydrogens is 386 g/mol. The summed E-state index contributed by atoms with van der Waals surface area (Å²) in [5.74, 6) is 2.45. The van der Waals surface area contributed by atoms with Crippen LogP contribution >= 0.6 is 0 Å². The molecule has 2 aromatic heterocycles. The first-order valence-electron chi connectivity index (χ1n) is 10.1. The maximum absolute atomic E-state index is 9.19. The predicted molar refractivity (Wildman–Crippen MR) is 120 cm³/mol. The number of nitrogen functional groups attached to an aromatic ring is 1. The normalized spacial score (nSPS) is 15.0. The van der Waals surface area contributed by atoms with Gasteiger partial charge in [0.25, 0.3) is 0 Å². The number of rotatable bonds is 2. The molecule has 31 heavy (non-hydrogen) atoms. The van der Waals surface area contributed by atoms with Crippen molar-refractivity contribution in [2.75, 3.05) is 17.2 Å². The summed E-state index contributed by atoms with van der Waals surface area (Å²) in [6.45, 7) is 4.87. The molecule has 0 saturated heterocycles. The second kappa shape index (κ2) is 7.26. The number of anilines is 3. The van der Waals surface area contributed by atoms with Gasteiger partial charge in [0, 0.05) is 29.9 Å². The van der Waals surface area contributed by atoms with E-state index in [9.17, 15) is 5.26 Å². The van der Waals surface area contributed by atoms with Crippen molar-refractivity contribution in [2.24, 2.45) is 0 Å². The highest BCUT2D eigenvalue weighted by molar-refractivity contribution is 5.79. The SMILES string of the molecule is Cc1nnc2n1-c1ccc(-c3ccc(N)nc3)cc1N(c1ccc(C#N)cc1)CC2C. The van der Waals surface area contributed by atoms with Crippen LogP contribution in [0.15, 0.2) is 60.8 Å². The molecule has 5 rings (SSSR count). The molecule has 7 heteroatoms. The third-order valence-corrected chi connectivity index (χ3v) is 5.68. The molecular formula is C24H21N7. The fourth-order valence-corrected chi connectivity index (χ4v) is 4.09. The lowest BCUT2D eigenvalue weighted by atomic mass is 10.0. The van der Waals surface area contributed by atoms with Crippen molar-refractivity contribution in [3.63, 3.8) is 0 Å². The van der Waals surface area contributed by atoms with Gasteiger partial charge in [-0.2, -0.15) is 5.26 Å². The van der Waals surface area contributed by atoms with E-state index in [0.29, 0.717) is 11.4 Å². The van der Waals surface area contributed by atoms with Crippen LogP contribution in [0.1, 0.15) is 30.1 Å². The number of benzene rings is 2. The first-order chi connectivity index (χ1) is 15.0. The van der Waals surface area contributed by atoms with Gasteiger partial charge in [0.2, 0.25) is 0 Å². The number of hydrogen-bond acceptors (Lipinski definition) is 6. The number of aromatic nitrogens is 4. The highest BCUT2D eigenvalue weighted by Crippen LogP contribution is 2.40. The van der Waals surface area contributed by atoms with Crippen LogP contribution in [0, 0.1) is 18.3 Å². The van der Waals surface area contributed by atoms with Crippen LogP contribution in [0.2, 0.25) is 0 Å². The molecule has 7 nitrogen and oxygen atoms in total. The average molecular weight is 407 g/mol. The van der Waals surface area contributed by atoms with E-state index in [4.69, 9.17) is 5.73 Å². The Bertz CT molecular complexity index is 1300. The summed E-state index contributed by atoms with van der Waals surface area (Å²) in [5.41, 5.74) is 11.6. The van der Waals surface area contributed by atoms with Crippen molar-refractivity contribution in [1.82, 2.24) is 19.7 Å². The maximum atomic E-state index is 9.19. The van der Waals surface area contributed by atoms with E-state index < -0.39 is 0 Å². The molecule has 1 aliphatic heterocycles. The first-order valence-corrected chi connectivity index (χ1v) is 10.1. The molecule has 1 atom stereocenters. The second-order valence-electron chi connectivity index (χ2n) is 7.79. The van der Waals surface area contributed by atoms with Crippen LogP contribution in [-0.2, 0) is 0 Å². The van der Waals surface area contributed by atoms with Gasteiger partial charge in [-0.1, -0.05) is 13.0 Å². The van der Waals surface area contributed by atoms with Gasteiger partial charge in [-0.3, -0.25) is 4.57 Å². The van der Waals surface area contributed by atoms with E-state index in [1.165, 1.54) is 0 Å². The molecule has 152 valence electrons. The summed E-state index contributed by atoms with van der Waals surface area (Å²) in [4.78, 5) is 6.53. The zero-order chi connectivity index (χ0) is 21.5. The van der Waals surface area contributed by atoms with Crippen molar-refractivity contribution in [1.29, 1.82) is 5.26 Å². The Kier molecular flexibility index (Phi) is 4.41. The van der Waals surface area contributed by atoms with Crippen LogP contribution in [0.3, 0.4) is 0 Å². The zero-order valence-corrected chi connectivity index (χ0v) is 17.3. The molecule has 1 unspecified atom stereocenters. The summed E-state index contributed by atoms with van der Waals surface area (Å²) in [6, 6.07) is 20.0. The van der Waals surface area contributed by atoms with Crippen molar-refractivity contribution in [3.8, 4) is 22.9 Å². The standard InChI is InChI=1S/C24H21N7/c1-15-14-30(20-7-3-17(12-25)4-8-20)22-11-18(19-6-10-23(26)27-13-19)5-9-21(22)31-16(2)28-29-24(15)31/h3-11,13,15H,14H2,1-2H3,(H2,26,27). The van der Waals surface area contributed by atoms with E-state index in [-0.39, 0.29) is 5.92 Å². The Labute approximate surface area is 180 Å². The van der Waals surface area contributed by atoms with Gasteiger partial charge in [0.15, 0.2) is 0 Å². The summed E-state index contributed by atoms with van der Waals surface area (Å²) in [7, 11) is 0. The topological polar surface area (TPSA) is 96.7 Å². The fraction of sp³-hybridized carbons (Fsp3) is 0.167. The lowest BCUT2D eigenvalue weighted by Gasteiger charge is -2.27. The minimum Gasteiger partial charge on any atom is -0.384 e. The molecule has 2 aromatic carbocycles. The van der Waals surface area contributed by atoms with E-state index in [1.54, 1.807) is 6.20 Å². The third-order valence-electron chi connectivity index (χ3n) is 5.68. The number of pyridine rings is 1. The van der Waals surface area contributed by atoms with Gasteiger partial charge in [-0.25, -0.2) is 4.98 Å². The molecule has 4 aromatic rings. The largest absolute Gasteiger partial charge is 0.384 e. The summed E-state index contributed by atoms with van der Waals surface area (Å²) in [6.07, 6.45) is 1.79. The molecule has 0 saturated carbocycles. The number of hydrogen-bond donors (Lipinski definition) is 1. The fourth-order valence-electron chi connectivity index (χ4n) is 4.09. The van der Waals surface area contributed by atoms with Gasteiger partial charge in [0.05, 0.1) is 23.0 Å². The monoisotopic (exact) mass is 407 g/mol. The molecule has 0 amide bonds. The van der Waals surface area contributed by atoms with Crippen LogP contribution in [0.5, 0.6) is 0 Å². The van der Waals surface area contributed by atoms with Crippen LogP contribution in [-0.4, -0.2) is 26.3 Å². The Morgan fingerprint density at radius 1 is 1.00 bits per heavy atom. The number of nitrogens with two attached hydrogens (primary N) is 1. The van der Waals surface area contributed by atoms with Crippen LogP contribution in [0.4, 0.5) is 17.2 Å². The van der Waals surface area contributed by atoms with Gasteiger partial charge >= 0.3 is 0 Å². The smallest absolute Gasteiger partial charge is 0.142 e. The second-order valence-corrected chi connectivity index (χ2v) is 7.79. The third kappa shape index (κ3) is 3.19. The number of nitriles is 1. The lowest BCUT2D eigenvalue weighted by molar-refractivity contribution is 0.696. The van der Waals surface area contributed by atoms with Crippen LogP contribution < -0.4 is 10.6 Å². The molecule has 0 fully saturated rings. The first kappa shape index (κ1) is 18.8. The van der Waals surface area contributed by atoms with Crippen molar-refractivity contribution in [2.45, 2.75) is 19.8 Å². The Hall–Kier alpha value is -4.18. The highest BCUT2D eigenvalue weighted by Gasteiger charge is 2.28. The quantitative estimate of drug-likeness (QED) is 0.531. The molecule has 0 radical (unpaired) electrons. The van der Waals surface area contributed by atoms with Gasteiger partial charge < -0.3 is 10.6 Å². The average Bonchev–Trinajstić information content (AvgIpc) is 3.13. The molecule has 0 aliphatic carbocycles. The van der Waals surface area contributed by atoms with Crippen molar-refractivity contribution >= 4 is 17.2 Å². The predicted octanol–water partition coefficient (Wildman–Crippen LogP) is 4.35. The Balaban J connectivity index is 1.72. The van der Waals surface area contributed by atoms with Crippen LogP contribution in [0.25, 0.3) is 16.8 Å². The van der Waals surface area contributed by atoms with Crippen molar-refractivity contribution in [3.05, 3.63) is 78.0 Å². The Morgan fingerprint density at radius 3 is 2.48 bits per heavy atom. The minimum absolute atomic E-state index is 0.158. The molecule has 1 aliphatic rings. The van der Waals surface area contributed by atoms with Gasteiger partial charge in [-0.15, -0.1) is 10.2 Å². The summed E-state index contributed by atoms with van der Waals surface area (Å²) < 4.78 is 2.13. The molecule has 3 heterocycles. The molecule has 2 N–H and O–H groups in total. The lowest BCUT2D eigenvalue weighted by Crippen LogP contribution is -2.22. The molecule has 0 bridgehead atoms. The number of fused-ring (bicyclic) bond motifs is 3. The highest BCUT2D eigenvalue weighted by atomic mass is 15.3. The van der Waals surface area contributed by atoms with E-state index >= 15 is 0 Å². The molecule has 0 spiro atoms. The van der Waals surface area contributed by atoms with Crippen molar-refractivity contribution < 1.29 is 0 Å². The van der Waals surface area contributed by atoms with Gasteiger partial charge in [-0.05, 0) is 61.0 Å². The van der Waals surface area contributed by atoms with E-state index in [0.717, 1.165) is 46.4 Å².